The lowest BCUT2D eigenvalue weighted by molar-refractivity contribution is -0.143. The van der Waals surface area contributed by atoms with E-state index in [2.05, 4.69) is 67.8 Å². The maximum Gasteiger partial charge on any atom is 0.305 e. The molecule has 0 radical (unpaired) electrons. The number of carbonyl (C=O) groups is 2. The lowest BCUT2D eigenvalue weighted by Gasteiger charge is -2.22. The summed E-state index contributed by atoms with van der Waals surface area (Å²) >= 11 is 0. The van der Waals surface area contributed by atoms with Crippen LogP contribution in [0.5, 0.6) is 0 Å². The molecule has 2 unspecified atom stereocenters. The molecule has 0 fully saturated rings. The van der Waals surface area contributed by atoms with Gasteiger partial charge >= 0.3 is 5.97 Å². The maximum absolute atomic E-state index is 12.5. The smallest absolute Gasteiger partial charge is 0.305 e. The van der Waals surface area contributed by atoms with E-state index >= 15 is 0 Å². The van der Waals surface area contributed by atoms with Crippen molar-refractivity contribution in [3.63, 3.8) is 0 Å². The third kappa shape index (κ3) is 62.9. The lowest BCUT2D eigenvalue weighted by Crippen LogP contribution is -2.45. The molecule has 2 atom stereocenters. The maximum atomic E-state index is 12.5. The molecular formula is C71H133NO5. The van der Waals surface area contributed by atoms with Crippen molar-refractivity contribution < 1.29 is 24.5 Å². The van der Waals surface area contributed by atoms with Crippen molar-refractivity contribution in [2.75, 3.05) is 13.2 Å². The highest BCUT2D eigenvalue weighted by molar-refractivity contribution is 5.76. The quantitative estimate of drug-likeness (QED) is 0.0320. The fourth-order valence-corrected chi connectivity index (χ4v) is 10.6. The molecule has 0 aliphatic carbocycles. The molecule has 0 aliphatic heterocycles. The minimum Gasteiger partial charge on any atom is -0.466 e. The van der Waals surface area contributed by atoms with Crippen molar-refractivity contribution >= 4 is 11.9 Å². The van der Waals surface area contributed by atoms with E-state index in [9.17, 15) is 19.8 Å². The van der Waals surface area contributed by atoms with E-state index in [1.54, 1.807) is 0 Å². The molecule has 77 heavy (non-hydrogen) atoms. The van der Waals surface area contributed by atoms with Crippen molar-refractivity contribution in [2.45, 2.75) is 379 Å². The zero-order valence-electron chi connectivity index (χ0n) is 51.7. The van der Waals surface area contributed by atoms with Gasteiger partial charge in [0, 0.05) is 12.8 Å². The van der Waals surface area contributed by atoms with Crippen LogP contribution < -0.4 is 5.32 Å². The van der Waals surface area contributed by atoms with Crippen molar-refractivity contribution in [1.82, 2.24) is 5.32 Å². The Morgan fingerprint density at radius 1 is 0.364 bits per heavy atom. The fourth-order valence-electron chi connectivity index (χ4n) is 10.6. The monoisotopic (exact) mass is 1080 g/mol. The van der Waals surface area contributed by atoms with Crippen LogP contribution in [-0.4, -0.2) is 47.4 Å². The van der Waals surface area contributed by atoms with Crippen LogP contribution in [0.2, 0.25) is 0 Å². The van der Waals surface area contributed by atoms with E-state index in [1.807, 2.05) is 0 Å². The molecule has 0 saturated carbocycles. The first kappa shape index (κ1) is 74.8. The Hall–Kier alpha value is -2.18. The molecule has 0 bridgehead atoms. The van der Waals surface area contributed by atoms with Gasteiger partial charge in [0.25, 0.3) is 0 Å². The van der Waals surface area contributed by atoms with Crippen LogP contribution in [-0.2, 0) is 14.3 Å². The van der Waals surface area contributed by atoms with Gasteiger partial charge in [-0.25, -0.2) is 0 Å². The Morgan fingerprint density at radius 3 is 1.00 bits per heavy atom. The van der Waals surface area contributed by atoms with E-state index in [1.165, 1.54) is 276 Å². The Bertz CT molecular complexity index is 1290. The Balaban J connectivity index is 3.41. The van der Waals surface area contributed by atoms with Gasteiger partial charge in [-0.1, -0.05) is 313 Å². The summed E-state index contributed by atoms with van der Waals surface area (Å²) in [6.07, 6.45) is 85.8. The van der Waals surface area contributed by atoms with Gasteiger partial charge in [0.1, 0.15) is 0 Å². The molecule has 0 spiro atoms. The number of nitrogens with one attached hydrogen (secondary N) is 1. The van der Waals surface area contributed by atoms with E-state index in [-0.39, 0.29) is 18.5 Å². The number of aliphatic hydroxyl groups is 2. The first-order valence-electron chi connectivity index (χ1n) is 34.4. The van der Waals surface area contributed by atoms with Crippen LogP contribution in [0.3, 0.4) is 0 Å². The van der Waals surface area contributed by atoms with Gasteiger partial charge in [-0.3, -0.25) is 9.59 Å². The summed E-state index contributed by atoms with van der Waals surface area (Å²) in [5.74, 6) is -0.0357. The number of ether oxygens (including phenoxy) is 1. The standard InChI is InChI=1S/C71H133NO5/c1-3-5-7-9-11-13-15-17-19-37-41-45-49-53-57-61-65-71(76)77-66-62-58-54-50-46-42-38-34-32-30-28-26-24-22-20-21-23-25-27-29-31-33-36-40-44-48-52-56-60-64-70(75)72-68(67-73)69(74)63-59-55-51-47-43-39-35-18-16-14-12-10-8-6-4-2/h13,15,19-20,22,26,28,37,68-69,73-74H,3-12,14,16-18,21,23-25,27,29-36,38-67H2,1-2H3,(H,72,75)/b15-13-,22-20-,28-26-,37-19-. The van der Waals surface area contributed by atoms with Gasteiger partial charge in [-0.05, 0) is 89.9 Å². The minimum absolute atomic E-state index is 0.00144. The second kappa shape index (κ2) is 66.3. The third-order valence-corrected chi connectivity index (χ3v) is 15.9. The summed E-state index contributed by atoms with van der Waals surface area (Å²) in [5.41, 5.74) is 0. The molecule has 6 nitrogen and oxygen atoms in total. The van der Waals surface area contributed by atoms with E-state index in [4.69, 9.17) is 4.74 Å². The van der Waals surface area contributed by atoms with E-state index < -0.39 is 12.1 Å². The van der Waals surface area contributed by atoms with Gasteiger partial charge in [-0.15, -0.1) is 0 Å². The molecule has 0 saturated heterocycles. The van der Waals surface area contributed by atoms with Crippen molar-refractivity contribution in [3.8, 4) is 0 Å². The lowest BCUT2D eigenvalue weighted by atomic mass is 10.0. The predicted octanol–water partition coefficient (Wildman–Crippen LogP) is 22.1. The average molecular weight is 1080 g/mol. The Labute approximate surface area is 480 Å². The zero-order valence-corrected chi connectivity index (χ0v) is 51.7. The van der Waals surface area contributed by atoms with Crippen LogP contribution in [0, 0.1) is 0 Å². The molecule has 0 rings (SSSR count). The first-order valence-corrected chi connectivity index (χ1v) is 34.4. The number of allylic oxidation sites excluding steroid dienone is 8. The van der Waals surface area contributed by atoms with Gasteiger partial charge < -0.3 is 20.3 Å². The van der Waals surface area contributed by atoms with Crippen LogP contribution in [0.25, 0.3) is 0 Å². The molecule has 0 heterocycles. The molecule has 452 valence electrons. The van der Waals surface area contributed by atoms with Crippen molar-refractivity contribution in [2.24, 2.45) is 0 Å². The molecule has 0 aliphatic rings. The highest BCUT2D eigenvalue weighted by Crippen LogP contribution is 2.18. The summed E-state index contributed by atoms with van der Waals surface area (Å²) in [7, 11) is 0. The van der Waals surface area contributed by atoms with Crippen LogP contribution in [0.4, 0.5) is 0 Å². The van der Waals surface area contributed by atoms with E-state index in [0.29, 0.717) is 25.9 Å². The van der Waals surface area contributed by atoms with Crippen molar-refractivity contribution in [1.29, 1.82) is 0 Å². The number of rotatable bonds is 64. The normalized spacial score (nSPS) is 12.8. The average Bonchev–Trinajstić information content (AvgIpc) is 3.43. The molecule has 3 N–H and O–H groups in total. The highest BCUT2D eigenvalue weighted by Gasteiger charge is 2.20. The number of unbranched alkanes of at least 4 members (excludes halogenated alkanes) is 45. The summed E-state index contributed by atoms with van der Waals surface area (Å²) in [6, 6.07) is -0.543. The van der Waals surface area contributed by atoms with E-state index in [0.717, 1.165) is 57.8 Å². The Kier molecular flexibility index (Phi) is 64.5. The molecule has 0 aromatic heterocycles. The minimum atomic E-state index is -0.665. The first-order chi connectivity index (χ1) is 38.0. The molecule has 0 aromatic rings. The SMILES string of the molecule is CCCCCC/C=C\C/C=C\CCCCCCCC(=O)OCCCCCCCCCCC/C=C\C/C=C\CCCCCCCCCCCCCCCC(=O)NC(CO)C(O)CCCCCCCCCCCCCCCCC. The molecular weight excluding hydrogens is 947 g/mol. The fraction of sp³-hybridized carbons (Fsp3) is 0.859. The number of aliphatic hydroxyl groups excluding tert-OH is 2. The van der Waals surface area contributed by atoms with Crippen LogP contribution >= 0.6 is 0 Å². The third-order valence-electron chi connectivity index (χ3n) is 15.9. The molecule has 6 heteroatoms. The topological polar surface area (TPSA) is 95.9 Å². The largest absolute Gasteiger partial charge is 0.466 e. The Morgan fingerprint density at radius 2 is 0.649 bits per heavy atom. The van der Waals surface area contributed by atoms with Gasteiger partial charge in [-0.2, -0.15) is 0 Å². The summed E-state index contributed by atoms with van der Waals surface area (Å²) in [5, 5.41) is 23.3. The predicted molar refractivity (Wildman–Crippen MR) is 338 cm³/mol. The highest BCUT2D eigenvalue weighted by atomic mass is 16.5. The second-order valence-electron chi connectivity index (χ2n) is 23.5. The van der Waals surface area contributed by atoms with Gasteiger partial charge in [0.05, 0.1) is 25.4 Å². The van der Waals surface area contributed by atoms with Gasteiger partial charge in [0.15, 0.2) is 0 Å². The van der Waals surface area contributed by atoms with Crippen molar-refractivity contribution in [3.05, 3.63) is 48.6 Å². The number of hydrogen-bond donors (Lipinski definition) is 3. The van der Waals surface area contributed by atoms with Crippen LogP contribution in [0.1, 0.15) is 367 Å². The molecule has 1 amide bonds. The number of esters is 1. The number of hydrogen-bond acceptors (Lipinski definition) is 5. The number of amides is 1. The second-order valence-corrected chi connectivity index (χ2v) is 23.5. The molecule has 0 aromatic carbocycles. The zero-order chi connectivity index (χ0) is 55.7. The number of carbonyl (C=O) groups excluding carboxylic acids is 2. The summed E-state index contributed by atoms with van der Waals surface area (Å²) in [6.45, 7) is 4.95. The summed E-state index contributed by atoms with van der Waals surface area (Å²) in [4.78, 5) is 24.6. The van der Waals surface area contributed by atoms with Gasteiger partial charge in [0.2, 0.25) is 5.91 Å². The van der Waals surface area contributed by atoms with Crippen LogP contribution in [0.15, 0.2) is 48.6 Å². The summed E-state index contributed by atoms with van der Waals surface area (Å²) < 4.78 is 5.48.